The molecule has 0 amide bonds. The van der Waals surface area contributed by atoms with Crippen molar-refractivity contribution in [3.05, 3.63) is 17.0 Å². The van der Waals surface area contributed by atoms with Gasteiger partial charge in [0, 0.05) is 31.4 Å². The summed E-state index contributed by atoms with van der Waals surface area (Å²) in [6.07, 6.45) is 3.20. The van der Waals surface area contributed by atoms with Gasteiger partial charge in [0.15, 0.2) is 0 Å². The zero-order valence-electron chi connectivity index (χ0n) is 11.3. The van der Waals surface area contributed by atoms with Crippen LogP contribution in [0.3, 0.4) is 0 Å². The van der Waals surface area contributed by atoms with E-state index in [0.29, 0.717) is 12.2 Å². The van der Waals surface area contributed by atoms with E-state index >= 15 is 0 Å². The van der Waals surface area contributed by atoms with Crippen molar-refractivity contribution in [2.75, 3.05) is 6.54 Å². The molecule has 4 heteroatoms. The molecule has 1 aromatic heterocycles. The van der Waals surface area contributed by atoms with Crippen LogP contribution < -0.4 is 5.32 Å². The number of rotatable bonds is 4. The zero-order chi connectivity index (χ0) is 12.4. The number of nitrogens with zero attached hydrogens (tertiary/aromatic N) is 2. The molecule has 2 unspecified atom stereocenters. The van der Waals surface area contributed by atoms with Gasteiger partial charge in [-0.05, 0) is 33.6 Å². The zero-order valence-corrected chi connectivity index (χ0v) is 11.3. The summed E-state index contributed by atoms with van der Waals surface area (Å²) in [4.78, 5) is 0. The molecule has 0 aliphatic carbocycles. The van der Waals surface area contributed by atoms with Crippen LogP contribution in [0.1, 0.15) is 36.7 Å². The maximum atomic E-state index is 5.78. The van der Waals surface area contributed by atoms with Crippen molar-refractivity contribution in [3.8, 4) is 0 Å². The molecule has 17 heavy (non-hydrogen) atoms. The van der Waals surface area contributed by atoms with Crippen LogP contribution in [0.4, 0.5) is 0 Å². The SMILES string of the molecule is Cc1nn(C)c(C)c1CNCC1CCC(C)O1. The van der Waals surface area contributed by atoms with Gasteiger partial charge in [-0.15, -0.1) is 0 Å². The number of aromatic nitrogens is 2. The van der Waals surface area contributed by atoms with Gasteiger partial charge in [0.05, 0.1) is 17.9 Å². The lowest BCUT2D eigenvalue weighted by Gasteiger charge is -2.12. The molecule has 96 valence electrons. The molecule has 2 rings (SSSR count). The minimum absolute atomic E-state index is 0.391. The van der Waals surface area contributed by atoms with Crippen LogP contribution in [0, 0.1) is 13.8 Å². The van der Waals surface area contributed by atoms with Gasteiger partial charge in [0.1, 0.15) is 0 Å². The predicted octanol–water partition coefficient (Wildman–Crippen LogP) is 1.69. The third-order valence-electron chi connectivity index (χ3n) is 3.65. The van der Waals surface area contributed by atoms with Crippen molar-refractivity contribution in [1.82, 2.24) is 15.1 Å². The molecule has 1 aromatic rings. The first-order valence-electron chi connectivity index (χ1n) is 6.43. The normalized spacial score (nSPS) is 24.5. The lowest BCUT2D eigenvalue weighted by Crippen LogP contribution is -2.26. The number of hydrogen-bond donors (Lipinski definition) is 1. The van der Waals surface area contributed by atoms with Gasteiger partial charge in [-0.1, -0.05) is 0 Å². The van der Waals surface area contributed by atoms with E-state index in [2.05, 4.69) is 31.2 Å². The monoisotopic (exact) mass is 237 g/mol. The molecule has 1 fully saturated rings. The summed E-state index contributed by atoms with van der Waals surface area (Å²) in [5, 5.41) is 7.90. The minimum Gasteiger partial charge on any atom is -0.374 e. The fourth-order valence-electron chi connectivity index (χ4n) is 2.47. The topological polar surface area (TPSA) is 39.1 Å². The molecular weight excluding hydrogens is 214 g/mol. The van der Waals surface area contributed by atoms with E-state index in [1.54, 1.807) is 0 Å². The summed E-state index contributed by atoms with van der Waals surface area (Å²) in [7, 11) is 1.99. The molecule has 1 aliphatic heterocycles. The van der Waals surface area contributed by atoms with Crippen molar-refractivity contribution in [3.63, 3.8) is 0 Å². The Labute approximate surface area is 103 Å². The quantitative estimate of drug-likeness (QED) is 0.866. The Hall–Kier alpha value is -0.870. The Balaban J connectivity index is 1.82. The van der Waals surface area contributed by atoms with Gasteiger partial charge in [-0.25, -0.2) is 0 Å². The van der Waals surface area contributed by atoms with Crippen molar-refractivity contribution in [1.29, 1.82) is 0 Å². The highest BCUT2D eigenvalue weighted by atomic mass is 16.5. The van der Waals surface area contributed by atoms with Crippen molar-refractivity contribution in [2.24, 2.45) is 7.05 Å². The number of hydrogen-bond acceptors (Lipinski definition) is 3. The minimum atomic E-state index is 0.391. The summed E-state index contributed by atoms with van der Waals surface area (Å²) in [6.45, 7) is 8.16. The Morgan fingerprint density at radius 1 is 1.41 bits per heavy atom. The van der Waals surface area contributed by atoms with Crippen molar-refractivity contribution in [2.45, 2.75) is 52.4 Å². The van der Waals surface area contributed by atoms with Gasteiger partial charge < -0.3 is 10.1 Å². The van der Waals surface area contributed by atoms with Crippen LogP contribution in [-0.4, -0.2) is 28.5 Å². The average Bonchev–Trinajstić information content (AvgIpc) is 2.78. The predicted molar refractivity (Wildman–Crippen MR) is 68.0 cm³/mol. The van der Waals surface area contributed by atoms with E-state index in [4.69, 9.17) is 4.74 Å². The molecule has 1 aliphatic rings. The molecule has 1 saturated heterocycles. The first-order valence-corrected chi connectivity index (χ1v) is 6.43. The van der Waals surface area contributed by atoms with E-state index in [0.717, 1.165) is 18.8 Å². The van der Waals surface area contributed by atoms with Crippen LogP contribution >= 0.6 is 0 Å². The number of nitrogens with one attached hydrogen (secondary N) is 1. The van der Waals surface area contributed by atoms with Crippen LogP contribution in [0.5, 0.6) is 0 Å². The van der Waals surface area contributed by atoms with E-state index in [1.165, 1.54) is 24.1 Å². The Bertz CT molecular complexity index is 386. The van der Waals surface area contributed by atoms with Crippen molar-refractivity contribution < 1.29 is 4.74 Å². The summed E-state index contributed by atoms with van der Waals surface area (Å²) < 4.78 is 7.73. The first kappa shape index (κ1) is 12.6. The molecule has 2 atom stereocenters. The second-order valence-corrected chi connectivity index (χ2v) is 5.05. The molecule has 0 aromatic carbocycles. The van der Waals surface area contributed by atoms with Gasteiger partial charge in [0.25, 0.3) is 0 Å². The summed E-state index contributed by atoms with van der Waals surface area (Å²) in [5.74, 6) is 0. The average molecular weight is 237 g/mol. The van der Waals surface area contributed by atoms with Crippen LogP contribution in [0.25, 0.3) is 0 Å². The summed E-state index contributed by atoms with van der Waals surface area (Å²) in [6, 6.07) is 0. The van der Waals surface area contributed by atoms with Gasteiger partial charge in [-0.2, -0.15) is 5.10 Å². The number of ether oxygens (including phenoxy) is 1. The molecular formula is C13H23N3O. The molecule has 0 radical (unpaired) electrons. The Kier molecular flexibility index (Phi) is 3.84. The standard InChI is InChI=1S/C13H23N3O/c1-9-5-6-12(17-9)7-14-8-13-10(2)15-16(4)11(13)3/h9,12,14H,5-8H2,1-4H3. The van der Waals surface area contributed by atoms with E-state index in [1.807, 2.05) is 11.7 Å². The summed E-state index contributed by atoms with van der Waals surface area (Å²) in [5.41, 5.74) is 3.69. The molecule has 1 N–H and O–H groups in total. The second kappa shape index (κ2) is 5.19. The third kappa shape index (κ3) is 2.87. The van der Waals surface area contributed by atoms with Gasteiger partial charge >= 0.3 is 0 Å². The highest BCUT2D eigenvalue weighted by Crippen LogP contribution is 2.18. The highest BCUT2D eigenvalue weighted by Gasteiger charge is 2.21. The maximum absolute atomic E-state index is 5.78. The lowest BCUT2D eigenvalue weighted by atomic mass is 10.2. The highest BCUT2D eigenvalue weighted by molar-refractivity contribution is 5.23. The van der Waals surface area contributed by atoms with Gasteiger partial charge in [-0.3, -0.25) is 4.68 Å². The first-order chi connectivity index (χ1) is 8.08. The molecule has 0 spiro atoms. The molecule has 0 saturated carbocycles. The Morgan fingerprint density at radius 3 is 2.71 bits per heavy atom. The third-order valence-corrected chi connectivity index (χ3v) is 3.65. The van der Waals surface area contributed by atoms with E-state index in [-0.39, 0.29) is 0 Å². The van der Waals surface area contributed by atoms with Gasteiger partial charge in [0.2, 0.25) is 0 Å². The lowest BCUT2D eigenvalue weighted by molar-refractivity contribution is 0.0559. The molecule has 4 nitrogen and oxygen atoms in total. The van der Waals surface area contributed by atoms with E-state index in [9.17, 15) is 0 Å². The largest absolute Gasteiger partial charge is 0.374 e. The number of aryl methyl sites for hydroxylation is 2. The molecule has 0 bridgehead atoms. The van der Waals surface area contributed by atoms with Crippen LogP contribution in [0.15, 0.2) is 0 Å². The maximum Gasteiger partial charge on any atom is 0.0704 e. The van der Waals surface area contributed by atoms with E-state index < -0.39 is 0 Å². The van der Waals surface area contributed by atoms with Crippen LogP contribution in [-0.2, 0) is 18.3 Å². The van der Waals surface area contributed by atoms with Crippen LogP contribution in [0.2, 0.25) is 0 Å². The second-order valence-electron chi connectivity index (χ2n) is 5.05. The fourth-order valence-corrected chi connectivity index (χ4v) is 2.47. The smallest absolute Gasteiger partial charge is 0.0704 e. The Morgan fingerprint density at radius 2 is 2.18 bits per heavy atom. The van der Waals surface area contributed by atoms with Crippen molar-refractivity contribution >= 4 is 0 Å². The summed E-state index contributed by atoms with van der Waals surface area (Å²) >= 11 is 0. The molecule has 2 heterocycles. The fraction of sp³-hybridized carbons (Fsp3) is 0.769.